The average Bonchev–Trinajstić information content (AvgIpc) is 2.83. The molecule has 1 N–H and O–H groups in total. The molecule has 1 atom stereocenters. The summed E-state index contributed by atoms with van der Waals surface area (Å²) < 4.78 is 35.2. The molecular weight excluding hydrogens is 332 g/mol. The summed E-state index contributed by atoms with van der Waals surface area (Å²) >= 11 is 3.24. The number of hydrogen-bond donors (Lipinski definition) is 1. The topological polar surface area (TPSA) is 34.4 Å². The maximum absolute atomic E-state index is 12.3. The molecule has 0 radical (unpaired) electrons. The number of rotatable bonds is 6. The molecule has 3 nitrogen and oxygen atoms in total. The minimum Gasteiger partial charge on any atom is -0.453 e. The van der Waals surface area contributed by atoms with E-state index in [4.69, 9.17) is 4.42 Å². The van der Waals surface area contributed by atoms with E-state index in [1.54, 1.807) is 24.3 Å². The quantitative estimate of drug-likeness (QED) is 0.837. The molecule has 0 aliphatic carbocycles. The summed E-state index contributed by atoms with van der Waals surface area (Å²) in [4.78, 5) is 0. The van der Waals surface area contributed by atoms with Crippen molar-refractivity contribution < 1.29 is 17.9 Å². The molecule has 0 amide bonds. The Morgan fingerprint density at radius 2 is 2.00 bits per heavy atom. The van der Waals surface area contributed by atoms with Crippen molar-refractivity contribution in [2.45, 2.75) is 26.1 Å². The fourth-order valence-electron chi connectivity index (χ4n) is 1.79. The smallest absolute Gasteiger partial charge is 0.387 e. The summed E-state index contributed by atoms with van der Waals surface area (Å²) in [6, 6.07) is 10.3. The summed E-state index contributed by atoms with van der Waals surface area (Å²) in [6.45, 7) is -0.487. The first-order valence-corrected chi connectivity index (χ1v) is 6.87. The number of benzene rings is 1. The van der Waals surface area contributed by atoms with Crippen molar-refractivity contribution in [3.05, 3.63) is 52.4 Å². The first kappa shape index (κ1) is 15.0. The summed E-state index contributed by atoms with van der Waals surface area (Å²) in [5, 5.41) is 3.20. The minimum absolute atomic E-state index is 0.0408. The molecular formula is C14H14BrF2NO2. The summed E-state index contributed by atoms with van der Waals surface area (Å²) in [5.74, 6) is 0.951. The van der Waals surface area contributed by atoms with Crippen LogP contribution in [-0.2, 0) is 6.54 Å². The van der Waals surface area contributed by atoms with E-state index in [0.717, 1.165) is 5.76 Å². The van der Waals surface area contributed by atoms with Gasteiger partial charge in [-0.3, -0.25) is 0 Å². The second kappa shape index (κ2) is 6.85. The second-order valence-electron chi connectivity index (χ2n) is 4.23. The fourth-order valence-corrected chi connectivity index (χ4v) is 2.10. The Labute approximate surface area is 124 Å². The Kier molecular flexibility index (Phi) is 5.14. The Morgan fingerprint density at radius 1 is 1.25 bits per heavy atom. The lowest BCUT2D eigenvalue weighted by Crippen LogP contribution is -2.18. The van der Waals surface area contributed by atoms with Crippen molar-refractivity contribution in [2.75, 3.05) is 0 Å². The molecule has 6 heteroatoms. The van der Waals surface area contributed by atoms with E-state index in [1.165, 1.54) is 6.07 Å². The van der Waals surface area contributed by atoms with Crippen LogP contribution in [0.1, 0.15) is 24.3 Å². The number of alkyl halides is 2. The van der Waals surface area contributed by atoms with Gasteiger partial charge in [0.15, 0.2) is 4.67 Å². The monoisotopic (exact) mass is 345 g/mol. The van der Waals surface area contributed by atoms with Gasteiger partial charge in [-0.1, -0.05) is 18.2 Å². The van der Waals surface area contributed by atoms with Crippen LogP contribution in [0, 0.1) is 0 Å². The molecule has 2 rings (SSSR count). The number of para-hydroxylation sites is 1. The summed E-state index contributed by atoms with van der Waals surface area (Å²) in [7, 11) is 0. The molecule has 0 bridgehead atoms. The van der Waals surface area contributed by atoms with Crippen LogP contribution >= 0.6 is 15.9 Å². The maximum Gasteiger partial charge on any atom is 0.387 e. The lowest BCUT2D eigenvalue weighted by atomic mass is 10.2. The Morgan fingerprint density at radius 3 is 2.65 bits per heavy atom. The standard InChI is InChI=1S/C14H14BrF2NO2/c1-9(11-6-7-13(15)19-11)18-8-10-4-2-3-5-12(10)20-14(16)17/h2-7,9,14,18H,8H2,1H3. The molecule has 20 heavy (non-hydrogen) atoms. The van der Waals surface area contributed by atoms with E-state index in [2.05, 4.69) is 26.0 Å². The Hall–Kier alpha value is -1.40. The van der Waals surface area contributed by atoms with Gasteiger partial charge in [0, 0.05) is 12.1 Å². The highest BCUT2D eigenvalue weighted by atomic mass is 79.9. The van der Waals surface area contributed by atoms with E-state index in [9.17, 15) is 8.78 Å². The third-order valence-corrected chi connectivity index (χ3v) is 3.23. The van der Waals surface area contributed by atoms with Crippen molar-refractivity contribution >= 4 is 15.9 Å². The predicted octanol–water partition coefficient (Wildman–Crippen LogP) is 4.49. The highest BCUT2D eigenvalue weighted by Gasteiger charge is 2.12. The summed E-state index contributed by atoms with van der Waals surface area (Å²) in [5.41, 5.74) is 0.672. The third-order valence-electron chi connectivity index (χ3n) is 2.81. The summed E-state index contributed by atoms with van der Waals surface area (Å²) in [6.07, 6.45) is 0. The fraction of sp³-hybridized carbons (Fsp3) is 0.286. The molecule has 2 aromatic rings. The molecule has 1 aromatic carbocycles. The molecule has 0 spiro atoms. The first-order chi connectivity index (χ1) is 9.56. The lowest BCUT2D eigenvalue weighted by Gasteiger charge is -2.14. The van der Waals surface area contributed by atoms with Crippen LogP contribution in [-0.4, -0.2) is 6.61 Å². The van der Waals surface area contributed by atoms with Crippen molar-refractivity contribution in [2.24, 2.45) is 0 Å². The molecule has 0 fully saturated rings. The van der Waals surface area contributed by atoms with Crippen LogP contribution in [0.4, 0.5) is 8.78 Å². The van der Waals surface area contributed by atoms with Crippen molar-refractivity contribution in [1.29, 1.82) is 0 Å². The zero-order chi connectivity index (χ0) is 14.5. The van der Waals surface area contributed by atoms with Gasteiger partial charge in [0.2, 0.25) is 0 Å². The molecule has 1 unspecified atom stereocenters. The van der Waals surface area contributed by atoms with E-state index < -0.39 is 6.61 Å². The normalized spacial score (nSPS) is 12.7. The number of halogens is 3. The predicted molar refractivity (Wildman–Crippen MR) is 74.7 cm³/mol. The molecule has 0 saturated carbocycles. The van der Waals surface area contributed by atoms with Gasteiger partial charge in [-0.2, -0.15) is 8.78 Å². The number of ether oxygens (including phenoxy) is 1. The van der Waals surface area contributed by atoms with Crippen LogP contribution in [0.2, 0.25) is 0 Å². The molecule has 1 heterocycles. The van der Waals surface area contributed by atoms with Crippen LogP contribution in [0.5, 0.6) is 5.75 Å². The van der Waals surface area contributed by atoms with Crippen molar-refractivity contribution in [3.63, 3.8) is 0 Å². The Bertz CT molecular complexity index is 560. The maximum atomic E-state index is 12.3. The van der Waals surface area contributed by atoms with Gasteiger partial charge >= 0.3 is 6.61 Å². The zero-order valence-corrected chi connectivity index (χ0v) is 12.4. The van der Waals surface area contributed by atoms with Gasteiger partial charge in [0.25, 0.3) is 0 Å². The minimum atomic E-state index is -2.82. The SMILES string of the molecule is CC(NCc1ccccc1OC(F)F)c1ccc(Br)o1. The second-order valence-corrected chi connectivity index (χ2v) is 5.01. The van der Waals surface area contributed by atoms with E-state index in [1.807, 2.05) is 13.0 Å². The van der Waals surface area contributed by atoms with E-state index in [0.29, 0.717) is 16.8 Å². The van der Waals surface area contributed by atoms with Gasteiger partial charge in [0.05, 0.1) is 6.04 Å². The Balaban J connectivity index is 2.00. The molecule has 0 aliphatic heterocycles. The van der Waals surface area contributed by atoms with Crippen molar-refractivity contribution in [1.82, 2.24) is 5.32 Å². The average molecular weight is 346 g/mol. The molecule has 0 aliphatic rings. The molecule has 0 saturated heterocycles. The van der Waals surface area contributed by atoms with Gasteiger partial charge < -0.3 is 14.5 Å². The van der Waals surface area contributed by atoms with Crippen LogP contribution in [0.25, 0.3) is 0 Å². The van der Waals surface area contributed by atoms with Crippen LogP contribution in [0.15, 0.2) is 45.5 Å². The zero-order valence-electron chi connectivity index (χ0n) is 10.8. The number of hydrogen-bond acceptors (Lipinski definition) is 3. The molecule has 1 aromatic heterocycles. The van der Waals surface area contributed by atoms with E-state index in [-0.39, 0.29) is 11.8 Å². The largest absolute Gasteiger partial charge is 0.453 e. The first-order valence-electron chi connectivity index (χ1n) is 6.07. The van der Waals surface area contributed by atoms with Gasteiger partial charge in [-0.15, -0.1) is 0 Å². The highest BCUT2D eigenvalue weighted by molar-refractivity contribution is 9.10. The molecule has 108 valence electrons. The highest BCUT2D eigenvalue weighted by Crippen LogP contribution is 2.23. The number of furan rings is 1. The van der Waals surface area contributed by atoms with Crippen LogP contribution < -0.4 is 10.1 Å². The van der Waals surface area contributed by atoms with Gasteiger partial charge in [-0.05, 0) is 41.1 Å². The van der Waals surface area contributed by atoms with Gasteiger partial charge in [-0.25, -0.2) is 0 Å². The van der Waals surface area contributed by atoms with Crippen molar-refractivity contribution in [3.8, 4) is 5.75 Å². The lowest BCUT2D eigenvalue weighted by molar-refractivity contribution is -0.0505. The number of nitrogens with one attached hydrogen (secondary N) is 1. The van der Waals surface area contributed by atoms with Gasteiger partial charge in [0.1, 0.15) is 11.5 Å². The van der Waals surface area contributed by atoms with Crippen LogP contribution in [0.3, 0.4) is 0 Å². The third kappa shape index (κ3) is 4.05. The van der Waals surface area contributed by atoms with E-state index >= 15 is 0 Å².